The zero-order chi connectivity index (χ0) is 9.42. The number of benzene rings is 1. The maximum absolute atomic E-state index is 5.81. The molecule has 0 aliphatic rings. The zero-order valence-corrected chi connectivity index (χ0v) is 11.8. The third-order valence-electron chi connectivity index (χ3n) is 1.86. The molecule has 0 fully saturated rings. The van der Waals surface area contributed by atoms with E-state index in [0.717, 1.165) is 10.0 Å². The van der Waals surface area contributed by atoms with Crippen molar-refractivity contribution in [1.82, 2.24) is 0 Å². The number of hydrogen-bond acceptors (Lipinski definition) is 1. The summed E-state index contributed by atoms with van der Waals surface area (Å²) in [5, 5.41) is 3.47. The van der Waals surface area contributed by atoms with Gasteiger partial charge in [0.2, 0.25) is 0 Å². The van der Waals surface area contributed by atoms with Gasteiger partial charge in [0, 0.05) is 29.4 Å². The Morgan fingerprint density at radius 1 is 1.46 bits per heavy atom. The highest BCUT2D eigenvalue weighted by Crippen LogP contribution is 2.35. The second-order valence-corrected chi connectivity index (χ2v) is 5.73. The fourth-order valence-electron chi connectivity index (χ4n) is 1.18. The summed E-state index contributed by atoms with van der Waals surface area (Å²) in [5.41, 5.74) is 1.16. The zero-order valence-electron chi connectivity index (χ0n) is 6.48. The van der Waals surface area contributed by atoms with E-state index in [-0.39, 0.29) is 0 Å². The Morgan fingerprint density at radius 3 is 2.92 bits per heavy atom. The van der Waals surface area contributed by atoms with Gasteiger partial charge in [-0.15, -0.1) is 22.9 Å². The topological polar surface area (TPSA) is 0 Å². The fourth-order valence-corrected chi connectivity index (χ4v) is 4.23. The Hall–Kier alpha value is 0.680. The van der Waals surface area contributed by atoms with E-state index >= 15 is 0 Å². The van der Waals surface area contributed by atoms with Crippen molar-refractivity contribution in [3.8, 4) is 0 Å². The Labute approximate surface area is 108 Å². The maximum atomic E-state index is 5.81. The van der Waals surface area contributed by atoms with E-state index in [4.69, 9.17) is 11.6 Å². The number of alkyl halides is 1. The molecule has 2 rings (SSSR count). The van der Waals surface area contributed by atoms with Crippen LogP contribution in [0.3, 0.4) is 0 Å². The van der Waals surface area contributed by atoms with Gasteiger partial charge in [-0.05, 0) is 44.1 Å². The minimum atomic E-state index is 0.561. The van der Waals surface area contributed by atoms with Crippen LogP contribution in [-0.4, -0.2) is 0 Å². The molecule has 2 aromatic rings. The van der Waals surface area contributed by atoms with Crippen molar-refractivity contribution in [3.05, 3.63) is 31.1 Å². The summed E-state index contributed by atoms with van der Waals surface area (Å²) in [4.78, 5) is 0. The summed E-state index contributed by atoms with van der Waals surface area (Å²) in [6.45, 7) is 0. The molecule has 0 radical (unpaired) electrons. The molecule has 0 N–H and O–H groups in total. The summed E-state index contributed by atoms with van der Waals surface area (Å²) in [6, 6.07) is 4.21. The van der Waals surface area contributed by atoms with E-state index < -0.39 is 0 Å². The lowest BCUT2D eigenvalue weighted by Crippen LogP contribution is -1.79. The van der Waals surface area contributed by atoms with Gasteiger partial charge in [0.25, 0.3) is 0 Å². The normalized spacial score (nSPS) is 11.0. The van der Waals surface area contributed by atoms with Crippen molar-refractivity contribution in [2.45, 2.75) is 5.88 Å². The molecule has 0 bridgehead atoms. The van der Waals surface area contributed by atoms with Gasteiger partial charge in [-0.3, -0.25) is 0 Å². The molecule has 68 valence electrons. The van der Waals surface area contributed by atoms with Crippen LogP contribution >= 0.6 is 61.5 Å². The third kappa shape index (κ3) is 1.76. The van der Waals surface area contributed by atoms with Crippen LogP contribution in [0.4, 0.5) is 0 Å². The van der Waals surface area contributed by atoms with Crippen LogP contribution in [0.1, 0.15) is 5.56 Å². The van der Waals surface area contributed by atoms with Gasteiger partial charge in [0.1, 0.15) is 0 Å². The van der Waals surface area contributed by atoms with Gasteiger partial charge in [-0.1, -0.05) is 12.1 Å². The predicted octanol–water partition coefficient (Wildman–Crippen LogP) is 5.01. The first-order chi connectivity index (χ1) is 6.24. The Morgan fingerprint density at radius 2 is 2.23 bits per heavy atom. The van der Waals surface area contributed by atoms with Gasteiger partial charge in [-0.2, -0.15) is 0 Å². The van der Waals surface area contributed by atoms with Crippen LogP contribution < -0.4 is 0 Å². The third-order valence-corrected chi connectivity index (χ3v) is 5.64. The number of thiophene rings is 1. The van der Waals surface area contributed by atoms with Crippen LogP contribution in [0.25, 0.3) is 10.1 Å². The van der Waals surface area contributed by atoms with Crippen molar-refractivity contribution in [2.24, 2.45) is 0 Å². The molecule has 1 aromatic heterocycles. The van der Waals surface area contributed by atoms with Crippen LogP contribution in [0.15, 0.2) is 22.0 Å². The molecule has 0 saturated carbocycles. The number of hydrogen-bond donors (Lipinski definition) is 0. The van der Waals surface area contributed by atoms with Gasteiger partial charge in [-0.25, -0.2) is 0 Å². The van der Waals surface area contributed by atoms with Crippen molar-refractivity contribution >= 4 is 71.5 Å². The highest BCUT2D eigenvalue weighted by atomic mass is 127. The molecule has 0 aliphatic carbocycles. The first kappa shape index (κ1) is 10.2. The molecule has 4 heteroatoms. The average molecular weight is 387 g/mol. The summed E-state index contributed by atoms with van der Waals surface area (Å²) in [6.07, 6.45) is 0. The van der Waals surface area contributed by atoms with E-state index in [1.54, 1.807) is 11.3 Å². The van der Waals surface area contributed by atoms with Crippen LogP contribution in [0.2, 0.25) is 0 Å². The van der Waals surface area contributed by atoms with Crippen molar-refractivity contribution in [2.75, 3.05) is 0 Å². The molecule has 1 heterocycles. The molecular weight excluding hydrogens is 382 g/mol. The lowest BCUT2D eigenvalue weighted by molar-refractivity contribution is 1.40. The summed E-state index contributed by atoms with van der Waals surface area (Å²) in [7, 11) is 0. The van der Waals surface area contributed by atoms with Crippen LogP contribution in [0.5, 0.6) is 0 Å². The molecule has 0 unspecified atom stereocenters. The SMILES string of the molecule is ClCc1ccc2c(I)csc2c1Br. The summed E-state index contributed by atoms with van der Waals surface area (Å²) < 4.78 is 3.75. The molecule has 1 aromatic carbocycles. The first-order valence-corrected chi connectivity index (χ1v) is 6.92. The number of rotatable bonds is 1. The highest BCUT2D eigenvalue weighted by molar-refractivity contribution is 14.1. The maximum Gasteiger partial charge on any atom is 0.0499 e. The van der Waals surface area contributed by atoms with Crippen LogP contribution in [0, 0.1) is 3.57 Å². The Kier molecular flexibility index (Phi) is 3.18. The van der Waals surface area contributed by atoms with Gasteiger partial charge >= 0.3 is 0 Å². The van der Waals surface area contributed by atoms with E-state index in [2.05, 4.69) is 56.0 Å². The number of fused-ring (bicyclic) bond motifs is 1. The second-order valence-electron chi connectivity index (χ2n) is 2.63. The van der Waals surface area contributed by atoms with Crippen LogP contribution in [-0.2, 0) is 5.88 Å². The minimum Gasteiger partial charge on any atom is -0.141 e. The van der Waals surface area contributed by atoms with Gasteiger partial charge < -0.3 is 0 Å². The minimum absolute atomic E-state index is 0.561. The van der Waals surface area contributed by atoms with E-state index in [9.17, 15) is 0 Å². The molecule has 0 atom stereocenters. The molecular formula is C9H5BrClIS. The summed E-state index contributed by atoms with van der Waals surface area (Å²) >= 11 is 13.5. The second kappa shape index (κ2) is 4.04. The van der Waals surface area contributed by atoms with Crippen molar-refractivity contribution in [1.29, 1.82) is 0 Å². The lowest BCUT2D eigenvalue weighted by Gasteiger charge is -2.00. The largest absolute Gasteiger partial charge is 0.141 e. The predicted molar refractivity (Wildman–Crippen MR) is 71.8 cm³/mol. The number of halogens is 3. The standard InChI is InChI=1S/C9H5BrClIS/c10-8-5(3-11)1-2-6-7(12)4-13-9(6)8/h1-2,4H,3H2. The Bertz CT molecular complexity index is 452. The van der Waals surface area contributed by atoms with Gasteiger partial charge in [0.05, 0.1) is 0 Å². The van der Waals surface area contributed by atoms with Crippen molar-refractivity contribution in [3.63, 3.8) is 0 Å². The molecule has 0 aliphatic heterocycles. The first-order valence-electron chi connectivity index (χ1n) is 3.64. The fraction of sp³-hybridized carbons (Fsp3) is 0.111. The summed E-state index contributed by atoms with van der Waals surface area (Å²) in [5.74, 6) is 0.561. The quantitative estimate of drug-likeness (QED) is 0.477. The lowest BCUT2D eigenvalue weighted by atomic mass is 10.2. The molecule has 0 nitrogen and oxygen atoms in total. The molecule has 0 saturated heterocycles. The Balaban J connectivity index is 2.80. The molecule has 0 spiro atoms. The molecule has 0 amide bonds. The highest BCUT2D eigenvalue weighted by Gasteiger charge is 2.07. The van der Waals surface area contributed by atoms with E-state index in [1.807, 2.05) is 0 Å². The van der Waals surface area contributed by atoms with Gasteiger partial charge in [0.15, 0.2) is 0 Å². The average Bonchev–Trinajstić information content (AvgIpc) is 2.50. The van der Waals surface area contributed by atoms with E-state index in [1.165, 1.54) is 13.7 Å². The van der Waals surface area contributed by atoms with E-state index in [0.29, 0.717) is 5.88 Å². The monoisotopic (exact) mass is 386 g/mol. The molecule has 13 heavy (non-hydrogen) atoms. The smallest absolute Gasteiger partial charge is 0.0499 e. The van der Waals surface area contributed by atoms with Crippen molar-refractivity contribution < 1.29 is 0 Å².